The van der Waals surface area contributed by atoms with E-state index in [2.05, 4.69) is 0 Å². The van der Waals surface area contributed by atoms with Crippen LogP contribution in [0, 0.1) is 0 Å². The summed E-state index contributed by atoms with van der Waals surface area (Å²) < 4.78 is 5.06. The third-order valence-corrected chi connectivity index (χ3v) is 3.48. The van der Waals surface area contributed by atoms with Crippen LogP contribution in [0.3, 0.4) is 0 Å². The van der Waals surface area contributed by atoms with Gasteiger partial charge in [-0.2, -0.15) is 0 Å². The number of allylic oxidation sites excluding steroid dienone is 2. The van der Waals surface area contributed by atoms with Gasteiger partial charge in [0.25, 0.3) is 0 Å². The molecule has 1 heterocycles. The average Bonchev–Trinajstić information content (AvgIpc) is 2.66. The van der Waals surface area contributed by atoms with E-state index in [1.54, 1.807) is 7.11 Å². The Balaban J connectivity index is 2.40. The van der Waals surface area contributed by atoms with Gasteiger partial charge < -0.3 is 9.84 Å². The Labute approximate surface area is 92.0 Å². The highest BCUT2D eigenvalue weighted by Gasteiger charge is 2.23. The number of aliphatic hydroxyl groups is 1. The summed E-state index contributed by atoms with van der Waals surface area (Å²) in [6.07, 6.45) is 1.87. The number of Topliss-reactive ketones (excluding diaryl/α,β-unsaturated/α-hetero) is 1. The second-order valence-corrected chi connectivity index (χ2v) is 4.47. The summed E-state index contributed by atoms with van der Waals surface area (Å²) >= 11 is 1.39. The van der Waals surface area contributed by atoms with Crippen LogP contribution in [0.2, 0.25) is 0 Å². The maximum atomic E-state index is 11.7. The Morgan fingerprint density at radius 3 is 2.80 bits per heavy atom. The monoisotopic (exact) mass is 224 g/mol. The summed E-state index contributed by atoms with van der Waals surface area (Å²) in [5.41, 5.74) is 0.481. The molecule has 2 rings (SSSR count). The molecule has 0 atom stereocenters. The van der Waals surface area contributed by atoms with Crippen molar-refractivity contribution < 1.29 is 14.6 Å². The first-order chi connectivity index (χ1) is 7.22. The number of thiophene rings is 1. The van der Waals surface area contributed by atoms with Gasteiger partial charge in [-0.25, -0.2) is 0 Å². The van der Waals surface area contributed by atoms with Crippen LogP contribution in [0.1, 0.15) is 24.1 Å². The topological polar surface area (TPSA) is 46.5 Å². The first-order valence-corrected chi connectivity index (χ1v) is 5.63. The molecule has 0 saturated heterocycles. The van der Waals surface area contributed by atoms with Gasteiger partial charge in [0.05, 0.1) is 12.7 Å². The summed E-state index contributed by atoms with van der Waals surface area (Å²) in [4.78, 5) is 12.5. The van der Waals surface area contributed by atoms with Crippen LogP contribution in [-0.2, 0) is 4.79 Å². The summed E-state index contributed by atoms with van der Waals surface area (Å²) in [5.74, 6) is 0.249. The Hall–Kier alpha value is -1.29. The van der Waals surface area contributed by atoms with Gasteiger partial charge in [0, 0.05) is 17.7 Å². The van der Waals surface area contributed by atoms with E-state index in [1.165, 1.54) is 11.3 Å². The SMILES string of the molecule is COc1ccc(C2=C(O)CCCC2=O)s1. The zero-order valence-electron chi connectivity index (χ0n) is 8.45. The highest BCUT2D eigenvalue weighted by atomic mass is 32.1. The Bertz CT molecular complexity index is 417. The average molecular weight is 224 g/mol. The second kappa shape index (κ2) is 4.06. The lowest BCUT2D eigenvalue weighted by Crippen LogP contribution is -2.09. The Kier molecular flexibility index (Phi) is 2.77. The van der Waals surface area contributed by atoms with Crippen molar-refractivity contribution in [2.45, 2.75) is 19.3 Å². The lowest BCUT2D eigenvalue weighted by atomic mass is 9.95. The molecule has 1 aliphatic rings. The standard InChI is InChI=1S/C11H12O3S/c1-14-10-6-5-9(15-10)11-7(12)3-2-4-8(11)13/h5-6,12H,2-4H2,1H3. The van der Waals surface area contributed by atoms with E-state index in [0.29, 0.717) is 18.4 Å². The van der Waals surface area contributed by atoms with Gasteiger partial charge in [0.1, 0.15) is 5.76 Å². The molecule has 1 aromatic rings. The van der Waals surface area contributed by atoms with E-state index in [9.17, 15) is 9.90 Å². The molecule has 0 aliphatic heterocycles. The molecule has 0 fully saturated rings. The molecule has 0 radical (unpaired) electrons. The number of rotatable bonds is 2. The quantitative estimate of drug-likeness (QED) is 0.840. The number of aliphatic hydroxyl groups excluding tert-OH is 1. The normalized spacial score (nSPS) is 17.0. The lowest BCUT2D eigenvalue weighted by Gasteiger charge is -2.13. The van der Waals surface area contributed by atoms with Gasteiger partial charge in [0.2, 0.25) is 0 Å². The Morgan fingerprint density at radius 2 is 2.20 bits per heavy atom. The van der Waals surface area contributed by atoms with Crippen LogP contribution in [0.4, 0.5) is 0 Å². The number of carbonyl (C=O) groups excluding carboxylic acids is 1. The zero-order valence-corrected chi connectivity index (χ0v) is 9.26. The molecule has 80 valence electrons. The van der Waals surface area contributed by atoms with E-state index >= 15 is 0 Å². The first-order valence-electron chi connectivity index (χ1n) is 4.82. The first kappa shape index (κ1) is 10.2. The summed E-state index contributed by atoms with van der Waals surface area (Å²) in [6.45, 7) is 0. The van der Waals surface area contributed by atoms with E-state index in [-0.39, 0.29) is 11.5 Å². The van der Waals surface area contributed by atoms with Crippen LogP contribution in [0.5, 0.6) is 5.06 Å². The van der Waals surface area contributed by atoms with Gasteiger partial charge in [-0.3, -0.25) is 4.79 Å². The predicted octanol–water partition coefficient (Wildman–Crippen LogP) is 2.78. The highest BCUT2D eigenvalue weighted by Crippen LogP contribution is 2.35. The van der Waals surface area contributed by atoms with E-state index in [0.717, 1.165) is 16.4 Å². The van der Waals surface area contributed by atoms with Crippen molar-refractivity contribution in [1.82, 2.24) is 0 Å². The smallest absolute Gasteiger partial charge is 0.173 e. The van der Waals surface area contributed by atoms with Crippen molar-refractivity contribution in [3.05, 3.63) is 22.8 Å². The molecule has 1 N–H and O–H groups in total. The lowest BCUT2D eigenvalue weighted by molar-refractivity contribution is -0.114. The van der Waals surface area contributed by atoms with Crippen LogP contribution in [-0.4, -0.2) is 18.0 Å². The molecule has 0 spiro atoms. The number of carbonyl (C=O) groups is 1. The van der Waals surface area contributed by atoms with Crippen molar-refractivity contribution in [3.8, 4) is 5.06 Å². The molecular formula is C11H12O3S. The summed E-state index contributed by atoms with van der Waals surface area (Å²) in [7, 11) is 1.59. The van der Waals surface area contributed by atoms with E-state index in [1.807, 2.05) is 12.1 Å². The number of hydrogen-bond acceptors (Lipinski definition) is 4. The molecule has 0 amide bonds. The maximum absolute atomic E-state index is 11.7. The molecule has 0 unspecified atom stereocenters. The predicted molar refractivity (Wildman–Crippen MR) is 59.3 cm³/mol. The van der Waals surface area contributed by atoms with Gasteiger partial charge in [0.15, 0.2) is 10.8 Å². The fourth-order valence-corrected chi connectivity index (χ4v) is 2.58. The van der Waals surface area contributed by atoms with Crippen molar-refractivity contribution >= 4 is 22.7 Å². The third-order valence-electron chi connectivity index (χ3n) is 2.41. The second-order valence-electron chi connectivity index (χ2n) is 3.42. The molecule has 1 aliphatic carbocycles. The molecule has 0 bridgehead atoms. The molecule has 0 aromatic carbocycles. The van der Waals surface area contributed by atoms with Crippen molar-refractivity contribution in [2.75, 3.05) is 7.11 Å². The van der Waals surface area contributed by atoms with Gasteiger partial charge in [-0.15, -0.1) is 0 Å². The minimum atomic E-state index is 0.0308. The maximum Gasteiger partial charge on any atom is 0.173 e. The number of ether oxygens (including phenoxy) is 1. The van der Waals surface area contributed by atoms with Crippen LogP contribution < -0.4 is 4.74 Å². The minimum Gasteiger partial charge on any atom is -0.512 e. The van der Waals surface area contributed by atoms with Gasteiger partial charge in [-0.05, 0) is 18.6 Å². The van der Waals surface area contributed by atoms with E-state index in [4.69, 9.17) is 4.74 Å². The highest BCUT2D eigenvalue weighted by molar-refractivity contribution is 7.15. The summed E-state index contributed by atoms with van der Waals surface area (Å²) in [6, 6.07) is 3.63. The van der Waals surface area contributed by atoms with Gasteiger partial charge >= 0.3 is 0 Å². The van der Waals surface area contributed by atoms with Crippen LogP contribution >= 0.6 is 11.3 Å². The molecule has 4 heteroatoms. The van der Waals surface area contributed by atoms with Crippen LogP contribution in [0.15, 0.2) is 17.9 Å². The third kappa shape index (κ3) is 1.90. The minimum absolute atomic E-state index is 0.0308. The Morgan fingerprint density at radius 1 is 1.40 bits per heavy atom. The fourth-order valence-electron chi connectivity index (χ4n) is 1.67. The van der Waals surface area contributed by atoms with Crippen molar-refractivity contribution in [2.24, 2.45) is 0 Å². The van der Waals surface area contributed by atoms with Crippen molar-refractivity contribution in [1.29, 1.82) is 0 Å². The van der Waals surface area contributed by atoms with Crippen LogP contribution in [0.25, 0.3) is 5.57 Å². The van der Waals surface area contributed by atoms with E-state index < -0.39 is 0 Å². The largest absolute Gasteiger partial charge is 0.512 e. The fraction of sp³-hybridized carbons (Fsp3) is 0.364. The molecule has 3 nitrogen and oxygen atoms in total. The molecule has 15 heavy (non-hydrogen) atoms. The number of hydrogen-bond donors (Lipinski definition) is 1. The number of ketones is 1. The number of methoxy groups -OCH3 is 1. The molecule has 0 saturated carbocycles. The molecular weight excluding hydrogens is 212 g/mol. The zero-order chi connectivity index (χ0) is 10.8. The summed E-state index contributed by atoms with van der Waals surface area (Å²) in [5, 5.41) is 10.5. The molecule has 1 aromatic heterocycles. The van der Waals surface area contributed by atoms with Gasteiger partial charge in [-0.1, -0.05) is 11.3 Å². The van der Waals surface area contributed by atoms with Crippen molar-refractivity contribution in [3.63, 3.8) is 0 Å².